The summed E-state index contributed by atoms with van der Waals surface area (Å²) < 4.78 is 6.79. The predicted octanol–water partition coefficient (Wildman–Crippen LogP) is 4.77. The Morgan fingerprint density at radius 1 is 1.08 bits per heavy atom. The van der Waals surface area contributed by atoms with E-state index in [4.69, 9.17) is 9.72 Å². The molecule has 0 spiro atoms. The molecule has 1 aliphatic heterocycles. The first-order valence-electron chi connectivity index (χ1n) is 7.57. The van der Waals surface area contributed by atoms with Crippen molar-refractivity contribution in [2.75, 3.05) is 0 Å². The second-order valence-electron chi connectivity index (χ2n) is 5.62. The lowest BCUT2D eigenvalue weighted by molar-refractivity contribution is 0.287. The average molecular weight is 388 g/mol. The highest BCUT2D eigenvalue weighted by atomic mass is 79.9. The second-order valence-corrected chi connectivity index (χ2v) is 6.54. The van der Waals surface area contributed by atoms with Gasteiger partial charge in [0.25, 0.3) is 0 Å². The van der Waals surface area contributed by atoms with E-state index in [1.165, 1.54) is 0 Å². The van der Waals surface area contributed by atoms with Gasteiger partial charge in [-0.25, -0.2) is 4.98 Å². The molecule has 0 fully saturated rings. The SMILES string of the molecule is N#Cc1cccc(C#N)c1/C=C1\OCc2cc3cc(Br)ccc3nc21. The first-order chi connectivity index (χ1) is 12.2. The zero-order chi connectivity index (χ0) is 17.4. The maximum Gasteiger partial charge on any atom is 0.146 e. The second kappa shape index (κ2) is 6.05. The van der Waals surface area contributed by atoms with Crippen molar-refractivity contribution in [3.63, 3.8) is 0 Å². The van der Waals surface area contributed by atoms with Crippen molar-refractivity contribution in [2.24, 2.45) is 0 Å². The highest BCUT2D eigenvalue weighted by Gasteiger charge is 2.21. The molecule has 3 aromatic rings. The number of nitriles is 2. The van der Waals surface area contributed by atoms with Crippen LogP contribution in [0.15, 0.2) is 46.9 Å². The number of hydrogen-bond acceptors (Lipinski definition) is 4. The largest absolute Gasteiger partial charge is 0.487 e. The van der Waals surface area contributed by atoms with E-state index in [0.717, 1.165) is 26.6 Å². The number of rotatable bonds is 1. The number of hydrogen-bond donors (Lipinski definition) is 0. The van der Waals surface area contributed by atoms with Gasteiger partial charge in [0, 0.05) is 21.0 Å². The van der Waals surface area contributed by atoms with Gasteiger partial charge >= 0.3 is 0 Å². The van der Waals surface area contributed by atoms with Crippen LogP contribution in [0.5, 0.6) is 0 Å². The molecule has 0 unspecified atom stereocenters. The number of benzene rings is 2. The summed E-state index contributed by atoms with van der Waals surface area (Å²) in [7, 11) is 0. The van der Waals surface area contributed by atoms with Gasteiger partial charge in [0.1, 0.15) is 18.1 Å². The Hall–Kier alpha value is -3.15. The van der Waals surface area contributed by atoms with Gasteiger partial charge in [0.15, 0.2) is 0 Å². The molecule has 5 heteroatoms. The van der Waals surface area contributed by atoms with Gasteiger partial charge in [0.2, 0.25) is 0 Å². The molecular formula is C20H10BrN3O. The Kier molecular flexibility index (Phi) is 3.72. The van der Waals surface area contributed by atoms with Crippen LogP contribution in [-0.4, -0.2) is 4.98 Å². The van der Waals surface area contributed by atoms with Crippen LogP contribution >= 0.6 is 15.9 Å². The molecule has 2 heterocycles. The fourth-order valence-electron chi connectivity index (χ4n) is 2.90. The molecule has 2 aromatic carbocycles. The highest BCUT2D eigenvalue weighted by molar-refractivity contribution is 9.10. The van der Waals surface area contributed by atoms with E-state index in [0.29, 0.717) is 29.1 Å². The normalized spacial score (nSPS) is 14.0. The molecular weight excluding hydrogens is 378 g/mol. The Morgan fingerprint density at radius 2 is 1.84 bits per heavy atom. The lowest BCUT2D eigenvalue weighted by atomic mass is 10.0. The lowest BCUT2D eigenvalue weighted by Gasteiger charge is -2.05. The summed E-state index contributed by atoms with van der Waals surface area (Å²) in [5.74, 6) is 0.582. The molecule has 0 bridgehead atoms. The van der Waals surface area contributed by atoms with E-state index in [-0.39, 0.29) is 0 Å². The smallest absolute Gasteiger partial charge is 0.146 e. The molecule has 25 heavy (non-hydrogen) atoms. The topological polar surface area (TPSA) is 69.7 Å². The first-order valence-corrected chi connectivity index (χ1v) is 8.36. The number of fused-ring (bicyclic) bond motifs is 2. The molecule has 1 aliphatic rings. The Labute approximate surface area is 152 Å². The molecule has 118 valence electrons. The van der Waals surface area contributed by atoms with Crippen LogP contribution in [0.2, 0.25) is 0 Å². The van der Waals surface area contributed by atoms with Crippen molar-refractivity contribution >= 4 is 38.7 Å². The summed E-state index contributed by atoms with van der Waals surface area (Å²) in [6, 6.07) is 17.3. The highest BCUT2D eigenvalue weighted by Crippen LogP contribution is 2.33. The molecule has 4 nitrogen and oxygen atoms in total. The zero-order valence-electron chi connectivity index (χ0n) is 13.0. The minimum Gasteiger partial charge on any atom is -0.487 e. The van der Waals surface area contributed by atoms with Crippen molar-refractivity contribution in [3.05, 3.63) is 74.9 Å². The van der Waals surface area contributed by atoms with Crippen LogP contribution in [0.4, 0.5) is 0 Å². The number of pyridine rings is 1. The maximum atomic E-state index is 9.33. The predicted molar refractivity (Wildman–Crippen MR) is 98.0 cm³/mol. The monoisotopic (exact) mass is 387 g/mol. The number of nitrogens with zero attached hydrogens (tertiary/aromatic N) is 3. The summed E-state index contributed by atoms with van der Waals surface area (Å²) in [5.41, 5.74) is 4.05. The molecule has 0 atom stereocenters. The van der Waals surface area contributed by atoms with Gasteiger partial charge in [-0.3, -0.25) is 0 Å². The van der Waals surface area contributed by atoms with E-state index < -0.39 is 0 Å². The third-order valence-electron chi connectivity index (χ3n) is 4.09. The summed E-state index contributed by atoms with van der Waals surface area (Å²) in [6.45, 7) is 0.424. The Morgan fingerprint density at radius 3 is 2.56 bits per heavy atom. The van der Waals surface area contributed by atoms with Crippen molar-refractivity contribution in [1.82, 2.24) is 4.98 Å². The van der Waals surface area contributed by atoms with Crippen molar-refractivity contribution < 1.29 is 4.74 Å². The van der Waals surface area contributed by atoms with Crippen LogP contribution in [0.25, 0.3) is 22.7 Å². The summed E-state index contributed by atoms with van der Waals surface area (Å²) in [4.78, 5) is 4.71. The van der Waals surface area contributed by atoms with Crippen LogP contribution in [0.3, 0.4) is 0 Å². The van der Waals surface area contributed by atoms with Gasteiger partial charge in [-0.2, -0.15) is 10.5 Å². The van der Waals surface area contributed by atoms with E-state index in [1.807, 2.05) is 18.2 Å². The number of ether oxygens (including phenoxy) is 1. The average Bonchev–Trinajstić information content (AvgIpc) is 3.01. The summed E-state index contributed by atoms with van der Waals surface area (Å²) in [5, 5.41) is 19.7. The van der Waals surface area contributed by atoms with Crippen molar-refractivity contribution in [3.8, 4) is 12.1 Å². The molecule has 0 amide bonds. The lowest BCUT2D eigenvalue weighted by Crippen LogP contribution is -1.92. The number of halogens is 1. The van der Waals surface area contributed by atoms with E-state index in [1.54, 1.807) is 24.3 Å². The molecule has 0 radical (unpaired) electrons. The van der Waals surface area contributed by atoms with Crippen molar-refractivity contribution in [2.45, 2.75) is 6.61 Å². The summed E-state index contributed by atoms with van der Waals surface area (Å²) in [6.07, 6.45) is 1.74. The van der Waals surface area contributed by atoms with Gasteiger partial charge in [-0.1, -0.05) is 22.0 Å². The van der Waals surface area contributed by atoms with Crippen LogP contribution in [0.1, 0.15) is 27.9 Å². The van der Waals surface area contributed by atoms with E-state index in [9.17, 15) is 10.5 Å². The molecule has 0 N–H and O–H groups in total. The zero-order valence-corrected chi connectivity index (χ0v) is 14.5. The van der Waals surface area contributed by atoms with Gasteiger partial charge in [0.05, 0.1) is 28.8 Å². The third-order valence-corrected chi connectivity index (χ3v) is 4.59. The standard InChI is InChI=1S/C20H10BrN3O/c21-16-4-5-18-14(7-16)6-15-11-25-19(20(15)24-18)8-17-12(9-22)2-1-3-13(17)10-23/h1-8H,11H2/b19-8-. The Bertz CT molecular complexity index is 1100. The molecule has 4 rings (SSSR count). The van der Waals surface area contributed by atoms with E-state index >= 15 is 0 Å². The minimum atomic E-state index is 0.424. The van der Waals surface area contributed by atoms with E-state index in [2.05, 4.69) is 34.1 Å². The number of aromatic nitrogens is 1. The van der Waals surface area contributed by atoms with Crippen molar-refractivity contribution in [1.29, 1.82) is 10.5 Å². The van der Waals surface area contributed by atoms with Gasteiger partial charge < -0.3 is 4.74 Å². The van der Waals surface area contributed by atoms with Crippen LogP contribution < -0.4 is 0 Å². The molecule has 0 saturated heterocycles. The maximum absolute atomic E-state index is 9.33. The molecule has 1 aromatic heterocycles. The quantitative estimate of drug-likeness (QED) is 0.602. The summed E-state index contributed by atoms with van der Waals surface area (Å²) >= 11 is 3.47. The minimum absolute atomic E-state index is 0.424. The molecule has 0 saturated carbocycles. The van der Waals surface area contributed by atoms with Crippen LogP contribution in [0, 0.1) is 22.7 Å². The third kappa shape index (κ3) is 2.65. The van der Waals surface area contributed by atoms with Gasteiger partial charge in [-0.05, 0) is 42.5 Å². The Balaban J connectivity index is 1.89. The fraction of sp³-hybridized carbons (Fsp3) is 0.0500. The van der Waals surface area contributed by atoms with Gasteiger partial charge in [-0.15, -0.1) is 0 Å². The van der Waals surface area contributed by atoms with Crippen LogP contribution in [-0.2, 0) is 11.3 Å². The fourth-order valence-corrected chi connectivity index (χ4v) is 3.27. The molecule has 0 aliphatic carbocycles. The first kappa shape index (κ1) is 15.4.